The zero-order chi connectivity index (χ0) is 15.9. The molecule has 2 aromatic rings. The van der Waals surface area contributed by atoms with E-state index < -0.39 is 5.97 Å². The van der Waals surface area contributed by atoms with Gasteiger partial charge in [0.15, 0.2) is 0 Å². The lowest BCUT2D eigenvalue weighted by Gasteiger charge is -2.12. The van der Waals surface area contributed by atoms with E-state index in [1.807, 2.05) is 49.4 Å². The van der Waals surface area contributed by atoms with E-state index in [1.54, 1.807) is 11.8 Å². The Morgan fingerprint density at radius 1 is 1.23 bits per heavy atom. The summed E-state index contributed by atoms with van der Waals surface area (Å²) in [4.78, 5) is 11.6. The average Bonchev–Trinajstić information content (AvgIpc) is 2.47. The predicted molar refractivity (Wildman–Crippen MR) is 93.0 cm³/mol. The van der Waals surface area contributed by atoms with Crippen LogP contribution in [0.1, 0.15) is 18.4 Å². The van der Waals surface area contributed by atoms with Gasteiger partial charge in [-0.05, 0) is 61.1 Å². The van der Waals surface area contributed by atoms with Crippen molar-refractivity contribution in [2.75, 3.05) is 5.75 Å². The minimum atomic E-state index is -0.754. The second kappa shape index (κ2) is 8.25. The maximum Gasteiger partial charge on any atom is 0.303 e. The van der Waals surface area contributed by atoms with Crippen molar-refractivity contribution >= 4 is 33.7 Å². The van der Waals surface area contributed by atoms with Gasteiger partial charge in [-0.15, -0.1) is 11.8 Å². The number of halogens is 1. The molecule has 0 aromatic heterocycles. The van der Waals surface area contributed by atoms with Crippen LogP contribution in [0.25, 0.3) is 0 Å². The van der Waals surface area contributed by atoms with Crippen LogP contribution in [0.4, 0.5) is 0 Å². The molecule has 1 N–H and O–H groups in total. The molecule has 3 nitrogen and oxygen atoms in total. The Kier molecular flexibility index (Phi) is 6.34. The highest BCUT2D eigenvalue weighted by atomic mass is 79.9. The van der Waals surface area contributed by atoms with Gasteiger partial charge < -0.3 is 9.84 Å². The monoisotopic (exact) mass is 380 g/mol. The highest BCUT2D eigenvalue weighted by Gasteiger charge is 2.07. The molecule has 0 aliphatic heterocycles. The van der Waals surface area contributed by atoms with Crippen LogP contribution < -0.4 is 4.74 Å². The van der Waals surface area contributed by atoms with Crippen LogP contribution in [0.15, 0.2) is 51.8 Å². The van der Waals surface area contributed by atoms with Crippen LogP contribution in [-0.4, -0.2) is 16.8 Å². The molecule has 0 aliphatic rings. The van der Waals surface area contributed by atoms with E-state index in [1.165, 1.54) is 0 Å². The summed E-state index contributed by atoms with van der Waals surface area (Å²) >= 11 is 5.03. The molecule has 0 amide bonds. The number of aryl methyl sites for hydroxylation is 1. The lowest BCUT2D eigenvalue weighted by molar-refractivity contribution is -0.137. The first-order chi connectivity index (χ1) is 10.5. The van der Waals surface area contributed by atoms with Gasteiger partial charge in [0.05, 0.1) is 4.90 Å². The van der Waals surface area contributed by atoms with Crippen molar-refractivity contribution < 1.29 is 14.6 Å². The molecule has 0 heterocycles. The first kappa shape index (κ1) is 16.9. The Labute approximate surface area is 142 Å². The van der Waals surface area contributed by atoms with Crippen molar-refractivity contribution in [3.8, 4) is 11.5 Å². The second-order valence-electron chi connectivity index (χ2n) is 4.85. The van der Waals surface area contributed by atoms with Gasteiger partial charge in [0.25, 0.3) is 0 Å². The van der Waals surface area contributed by atoms with E-state index in [9.17, 15) is 4.79 Å². The molecule has 0 atom stereocenters. The molecule has 0 radical (unpaired) electrons. The average molecular weight is 381 g/mol. The molecular formula is C17H17BrO3S. The third kappa shape index (κ3) is 5.39. The lowest BCUT2D eigenvalue weighted by atomic mass is 10.2. The summed E-state index contributed by atoms with van der Waals surface area (Å²) in [6.45, 7) is 2.02. The first-order valence-electron chi connectivity index (χ1n) is 6.93. The third-order valence-electron chi connectivity index (χ3n) is 2.93. The predicted octanol–water partition coefficient (Wildman–Crippen LogP) is 5.51. The Balaban J connectivity index is 2.06. The largest absolute Gasteiger partial charge is 0.481 e. The number of thioether (sulfide) groups is 1. The number of carbonyl (C=O) groups is 1. The highest BCUT2D eigenvalue weighted by Crippen LogP contribution is 2.34. The summed E-state index contributed by atoms with van der Waals surface area (Å²) in [6, 6.07) is 13.7. The second-order valence-corrected chi connectivity index (χ2v) is 6.90. The zero-order valence-corrected chi connectivity index (χ0v) is 14.6. The Bertz CT molecular complexity index is 641. The molecule has 2 rings (SSSR count). The molecule has 0 saturated carbocycles. The summed E-state index contributed by atoms with van der Waals surface area (Å²) in [6.07, 6.45) is 0.841. The number of hydrogen-bond acceptors (Lipinski definition) is 3. The van der Waals surface area contributed by atoms with Crippen molar-refractivity contribution in [3.63, 3.8) is 0 Å². The topological polar surface area (TPSA) is 46.5 Å². The molecule has 0 unspecified atom stereocenters. The van der Waals surface area contributed by atoms with E-state index in [0.29, 0.717) is 6.42 Å². The number of carboxylic acids is 1. The Hall–Kier alpha value is -1.46. The standard InChI is InChI=1S/C17H17BrO3S/c1-12-4-9-16(22-10-2-3-17(19)20)15(11-12)21-14-7-5-13(18)6-8-14/h4-9,11H,2-3,10H2,1H3,(H,19,20). The molecule has 0 spiro atoms. The van der Waals surface area contributed by atoms with E-state index in [0.717, 1.165) is 32.2 Å². The highest BCUT2D eigenvalue weighted by molar-refractivity contribution is 9.10. The van der Waals surface area contributed by atoms with Crippen LogP contribution in [0.3, 0.4) is 0 Å². The van der Waals surface area contributed by atoms with Gasteiger partial charge in [0.2, 0.25) is 0 Å². The van der Waals surface area contributed by atoms with Crippen molar-refractivity contribution in [1.29, 1.82) is 0 Å². The van der Waals surface area contributed by atoms with Crippen molar-refractivity contribution in [3.05, 3.63) is 52.5 Å². The number of aliphatic carboxylic acids is 1. The molecule has 116 valence electrons. The van der Waals surface area contributed by atoms with Gasteiger partial charge in [-0.1, -0.05) is 22.0 Å². The fourth-order valence-corrected chi connectivity index (χ4v) is 3.03. The van der Waals surface area contributed by atoms with Gasteiger partial charge in [0, 0.05) is 10.9 Å². The summed E-state index contributed by atoms with van der Waals surface area (Å²) in [5, 5.41) is 8.68. The molecular weight excluding hydrogens is 364 g/mol. The van der Waals surface area contributed by atoms with Gasteiger partial charge in [0.1, 0.15) is 11.5 Å². The SMILES string of the molecule is Cc1ccc(SCCCC(=O)O)c(Oc2ccc(Br)cc2)c1. The normalized spacial score (nSPS) is 10.5. The minimum absolute atomic E-state index is 0.196. The Morgan fingerprint density at radius 3 is 2.64 bits per heavy atom. The van der Waals surface area contributed by atoms with Gasteiger partial charge in [-0.3, -0.25) is 4.79 Å². The van der Waals surface area contributed by atoms with E-state index in [2.05, 4.69) is 15.9 Å². The molecule has 0 fully saturated rings. The van der Waals surface area contributed by atoms with Crippen LogP contribution in [0.5, 0.6) is 11.5 Å². The minimum Gasteiger partial charge on any atom is -0.481 e. The molecule has 0 saturated heterocycles. The molecule has 2 aromatic carbocycles. The van der Waals surface area contributed by atoms with Gasteiger partial charge in [-0.2, -0.15) is 0 Å². The third-order valence-corrected chi connectivity index (χ3v) is 4.60. The maximum absolute atomic E-state index is 10.6. The van der Waals surface area contributed by atoms with E-state index in [-0.39, 0.29) is 6.42 Å². The molecule has 0 aliphatic carbocycles. The number of rotatable bonds is 7. The van der Waals surface area contributed by atoms with Gasteiger partial charge in [-0.25, -0.2) is 0 Å². The lowest BCUT2D eigenvalue weighted by Crippen LogP contribution is -1.95. The van der Waals surface area contributed by atoms with Gasteiger partial charge >= 0.3 is 5.97 Å². The van der Waals surface area contributed by atoms with Crippen molar-refractivity contribution in [2.24, 2.45) is 0 Å². The summed E-state index contributed by atoms with van der Waals surface area (Å²) in [7, 11) is 0. The van der Waals surface area contributed by atoms with Crippen LogP contribution in [0, 0.1) is 6.92 Å². The van der Waals surface area contributed by atoms with E-state index in [4.69, 9.17) is 9.84 Å². The number of hydrogen-bond donors (Lipinski definition) is 1. The molecule has 0 bridgehead atoms. The fraction of sp³-hybridized carbons (Fsp3) is 0.235. The smallest absolute Gasteiger partial charge is 0.303 e. The number of ether oxygens (including phenoxy) is 1. The van der Waals surface area contributed by atoms with Crippen molar-refractivity contribution in [2.45, 2.75) is 24.7 Å². The van der Waals surface area contributed by atoms with Crippen molar-refractivity contribution in [1.82, 2.24) is 0 Å². The van der Waals surface area contributed by atoms with E-state index >= 15 is 0 Å². The van der Waals surface area contributed by atoms with Crippen LogP contribution in [0.2, 0.25) is 0 Å². The van der Waals surface area contributed by atoms with Crippen LogP contribution in [-0.2, 0) is 4.79 Å². The zero-order valence-electron chi connectivity index (χ0n) is 12.2. The molecule has 5 heteroatoms. The quantitative estimate of drug-likeness (QED) is 0.508. The van der Waals surface area contributed by atoms with Crippen LogP contribution >= 0.6 is 27.7 Å². The molecule has 22 heavy (non-hydrogen) atoms. The Morgan fingerprint density at radius 2 is 1.95 bits per heavy atom. The number of benzene rings is 2. The fourth-order valence-electron chi connectivity index (χ4n) is 1.85. The number of carboxylic acid groups (broad SMARTS) is 1. The summed E-state index contributed by atoms with van der Waals surface area (Å²) < 4.78 is 6.97. The maximum atomic E-state index is 10.6. The summed E-state index contributed by atoms with van der Waals surface area (Å²) in [5.41, 5.74) is 1.13. The first-order valence-corrected chi connectivity index (χ1v) is 8.71. The summed E-state index contributed by atoms with van der Waals surface area (Å²) in [5.74, 6) is 1.59.